The minimum absolute atomic E-state index is 0.120. The number of rotatable bonds is 4. The zero-order valence-electron chi connectivity index (χ0n) is 14.6. The average molecular weight is 360 g/mol. The van der Waals surface area contributed by atoms with E-state index in [1.807, 2.05) is 18.2 Å². The van der Waals surface area contributed by atoms with Crippen LogP contribution in [0.4, 0.5) is 13.2 Å². The fourth-order valence-electron chi connectivity index (χ4n) is 4.23. The molecule has 2 nitrogen and oxygen atoms in total. The third kappa shape index (κ3) is 3.64. The van der Waals surface area contributed by atoms with Crippen LogP contribution in [0, 0.1) is 0 Å². The summed E-state index contributed by atoms with van der Waals surface area (Å²) in [6, 6.07) is 14.4. The summed E-state index contributed by atoms with van der Waals surface area (Å²) in [5.74, 6) is 0. The van der Waals surface area contributed by atoms with Gasteiger partial charge in [0, 0.05) is 38.6 Å². The van der Waals surface area contributed by atoms with Crippen molar-refractivity contribution in [3.8, 4) is 11.1 Å². The molecule has 0 aromatic heterocycles. The van der Waals surface area contributed by atoms with Crippen LogP contribution < -0.4 is 5.32 Å². The van der Waals surface area contributed by atoms with Gasteiger partial charge in [-0.2, -0.15) is 13.2 Å². The highest BCUT2D eigenvalue weighted by molar-refractivity contribution is 5.77. The topological polar surface area (TPSA) is 15.3 Å². The second kappa shape index (κ2) is 7.05. The molecule has 5 heteroatoms. The molecule has 1 aliphatic heterocycles. The number of nitrogens with zero attached hydrogens (tertiary/aromatic N) is 1. The molecule has 1 N–H and O–H groups in total. The van der Waals surface area contributed by atoms with Crippen LogP contribution in [0.3, 0.4) is 0 Å². The van der Waals surface area contributed by atoms with Crippen molar-refractivity contribution in [3.63, 3.8) is 0 Å². The molecule has 1 heterocycles. The molecule has 1 atom stereocenters. The second-order valence-electron chi connectivity index (χ2n) is 7.21. The van der Waals surface area contributed by atoms with Gasteiger partial charge in [0.1, 0.15) is 0 Å². The van der Waals surface area contributed by atoms with Gasteiger partial charge in [-0.25, -0.2) is 0 Å². The van der Waals surface area contributed by atoms with Crippen LogP contribution in [0.25, 0.3) is 11.1 Å². The number of benzene rings is 2. The molecule has 0 unspecified atom stereocenters. The monoisotopic (exact) mass is 360 g/mol. The van der Waals surface area contributed by atoms with Crippen molar-refractivity contribution in [2.45, 2.75) is 31.5 Å². The fourth-order valence-corrected chi connectivity index (χ4v) is 4.23. The average Bonchev–Trinajstić information content (AvgIpc) is 3.00. The first kappa shape index (κ1) is 17.6. The summed E-state index contributed by atoms with van der Waals surface area (Å²) in [7, 11) is 0. The maximum atomic E-state index is 12.9. The maximum absolute atomic E-state index is 12.9. The Labute approximate surface area is 152 Å². The summed E-state index contributed by atoms with van der Waals surface area (Å²) < 4.78 is 38.6. The summed E-state index contributed by atoms with van der Waals surface area (Å²) in [5.41, 5.74) is 6.02. The smallest absolute Gasteiger partial charge is 0.314 e. The number of alkyl halides is 3. The Balaban J connectivity index is 1.62. The lowest BCUT2D eigenvalue weighted by Gasteiger charge is -2.35. The quantitative estimate of drug-likeness (QED) is 0.734. The third-order valence-electron chi connectivity index (χ3n) is 5.50. The van der Waals surface area contributed by atoms with Gasteiger partial charge >= 0.3 is 6.18 Å². The van der Waals surface area contributed by atoms with Gasteiger partial charge in [0.2, 0.25) is 0 Å². The van der Waals surface area contributed by atoms with E-state index < -0.39 is 12.6 Å². The van der Waals surface area contributed by atoms with E-state index in [0.717, 1.165) is 38.2 Å². The van der Waals surface area contributed by atoms with E-state index >= 15 is 0 Å². The van der Waals surface area contributed by atoms with Crippen LogP contribution in [-0.4, -0.2) is 37.3 Å². The molecule has 2 aromatic carbocycles. The van der Waals surface area contributed by atoms with Gasteiger partial charge in [-0.05, 0) is 40.7 Å². The summed E-state index contributed by atoms with van der Waals surface area (Å²) in [4.78, 5) is 2.20. The van der Waals surface area contributed by atoms with E-state index in [0.29, 0.717) is 0 Å². The Kier molecular flexibility index (Phi) is 4.76. The van der Waals surface area contributed by atoms with Crippen molar-refractivity contribution in [2.24, 2.45) is 0 Å². The molecular formula is C21H23F3N2. The maximum Gasteiger partial charge on any atom is 0.389 e. The summed E-state index contributed by atoms with van der Waals surface area (Å²) in [5, 5.41) is 3.28. The summed E-state index contributed by atoms with van der Waals surface area (Å²) in [6.45, 7) is 3.25. The van der Waals surface area contributed by atoms with Gasteiger partial charge in [-0.15, -0.1) is 0 Å². The van der Waals surface area contributed by atoms with E-state index in [2.05, 4.69) is 34.5 Å². The Morgan fingerprint density at radius 1 is 0.962 bits per heavy atom. The predicted octanol–water partition coefficient (Wildman–Crippen LogP) is 4.55. The van der Waals surface area contributed by atoms with Crippen LogP contribution in [0.15, 0.2) is 42.5 Å². The van der Waals surface area contributed by atoms with Gasteiger partial charge in [0.05, 0.1) is 0 Å². The first-order valence-electron chi connectivity index (χ1n) is 9.24. The Bertz CT molecular complexity index is 779. The second-order valence-corrected chi connectivity index (χ2v) is 7.21. The van der Waals surface area contributed by atoms with Gasteiger partial charge in [0.25, 0.3) is 0 Å². The van der Waals surface area contributed by atoms with Gasteiger partial charge < -0.3 is 5.32 Å². The van der Waals surface area contributed by atoms with E-state index in [1.54, 1.807) is 0 Å². The molecule has 2 aromatic rings. The Morgan fingerprint density at radius 3 is 2.46 bits per heavy atom. The molecule has 0 amide bonds. The molecule has 1 saturated heterocycles. The van der Waals surface area contributed by atoms with E-state index in [9.17, 15) is 13.2 Å². The molecule has 138 valence electrons. The van der Waals surface area contributed by atoms with Crippen LogP contribution in [0.2, 0.25) is 0 Å². The van der Waals surface area contributed by atoms with Crippen molar-refractivity contribution in [1.82, 2.24) is 10.2 Å². The zero-order chi connectivity index (χ0) is 18.1. The molecule has 0 bridgehead atoms. The first-order chi connectivity index (χ1) is 12.5. The van der Waals surface area contributed by atoms with Crippen molar-refractivity contribution < 1.29 is 13.2 Å². The van der Waals surface area contributed by atoms with E-state index in [4.69, 9.17) is 0 Å². The van der Waals surface area contributed by atoms with Crippen molar-refractivity contribution in [3.05, 3.63) is 59.2 Å². The number of piperazine rings is 1. The predicted molar refractivity (Wildman–Crippen MR) is 97.2 cm³/mol. The molecular weight excluding hydrogens is 337 g/mol. The largest absolute Gasteiger partial charge is 0.389 e. The van der Waals surface area contributed by atoms with Crippen molar-refractivity contribution >= 4 is 0 Å². The molecule has 1 fully saturated rings. The van der Waals surface area contributed by atoms with E-state index in [1.165, 1.54) is 22.3 Å². The molecule has 0 spiro atoms. The highest BCUT2D eigenvalue weighted by Gasteiger charge is 2.32. The third-order valence-corrected chi connectivity index (χ3v) is 5.50. The highest BCUT2D eigenvalue weighted by atomic mass is 19.4. The zero-order valence-corrected chi connectivity index (χ0v) is 14.6. The fraction of sp³-hybridized carbons (Fsp3) is 0.429. The number of nitrogens with one attached hydrogen (secondary N) is 1. The molecule has 26 heavy (non-hydrogen) atoms. The van der Waals surface area contributed by atoms with Crippen LogP contribution in [0.1, 0.15) is 35.6 Å². The number of fused-ring (bicyclic) bond motifs is 3. The molecule has 4 rings (SSSR count). The van der Waals surface area contributed by atoms with Crippen molar-refractivity contribution in [2.75, 3.05) is 26.2 Å². The number of halogens is 3. The standard InChI is InChI=1S/C21H23F3N2/c22-21(23,24)8-7-20(26-11-9-25-10-12-26)16-5-6-19-17(14-16)13-15-3-1-2-4-18(15)19/h1-6,14,20,25H,7-13H2/t20-/m1/s1. The molecule has 1 aliphatic carbocycles. The first-order valence-corrected chi connectivity index (χ1v) is 9.24. The van der Waals surface area contributed by atoms with Crippen LogP contribution in [0.5, 0.6) is 0 Å². The number of hydrogen-bond acceptors (Lipinski definition) is 2. The molecule has 0 radical (unpaired) electrons. The van der Waals surface area contributed by atoms with Gasteiger partial charge in [0.15, 0.2) is 0 Å². The summed E-state index contributed by atoms with van der Waals surface area (Å²) in [6.07, 6.45) is -3.86. The lowest BCUT2D eigenvalue weighted by molar-refractivity contribution is -0.138. The SMILES string of the molecule is FC(F)(F)CC[C@H](c1ccc2c(c1)Cc1ccccc1-2)N1CCNCC1. The lowest BCUT2D eigenvalue weighted by atomic mass is 9.95. The van der Waals surface area contributed by atoms with Crippen LogP contribution in [-0.2, 0) is 6.42 Å². The van der Waals surface area contributed by atoms with E-state index in [-0.39, 0.29) is 12.5 Å². The minimum Gasteiger partial charge on any atom is -0.314 e. The lowest BCUT2D eigenvalue weighted by Crippen LogP contribution is -2.45. The van der Waals surface area contributed by atoms with Gasteiger partial charge in [-0.3, -0.25) is 4.90 Å². The number of hydrogen-bond donors (Lipinski definition) is 1. The van der Waals surface area contributed by atoms with Crippen LogP contribution >= 0.6 is 0 Å². The highest BCUT2D eigenvalue weighted by Crippen LogP contribution is 2.39. The molecule has 2 aliphatic rings. The molecule has 0 saturated carbocycles. The summed E-state index contributed by atoms with van der Waals surface area (Å²) >= 11 is 0. The Morgan fingerprint density at radius 2 is 1.69 bits per heavy atom. The van der Waals surface area contributed by atoms with Gasteiger partial charge in [-0.1, -0.05) is 42.5 Å². The van der Waals surface area contributed by atoms with Crippen molar-refractivity contribution in [1.29, 1.82) is 0 Å². The Hall–Kier alpha value is -1.85. The minimum atomic E-state index is -4.11. The normalized spacial score (nSPS) is 18.4.